The minimum atomic E-state index is -4.32. The molecule has 0 radical (unpaired) electrons. The Morgan fingerprint density at radius 1 is 0.967 bits per heavy atom. The van der Waals surface area contributed by atoms with Crippen LogP contribution in [0, 0.1) is 11.8 Å². The van der Waals surface area contributed by atoms with Crippen molar-refractivity contribution >= 4 is 0 Å². The van der Waals surface area contributed by atoms with E-state index in [9.17, 15) is 13.2 Å². The molecule has 0 amide bonds. The number of fused-ring (bicyclic) bond motifs is 5. The smallest absolute Gasteiger partial charge is 0.416 e. The molecular formula is C24H26F3NO2. The van der Waals surface area contributed by atoms with Crippen LogP contribution in [0.1, 0.15) is 24.0 Å². The van der Waals surface area contributed by atoms with Gasteiger partial charge in [-0.1, -0.05) is 18.2 Å². The molecule has 0 aromatic heterocycles. The minimum Gasteiger partial charge on any atom is -0.496 e. The Labute approximate surface area is 174 Å². The van der Waals surface area contributed by atoms with E-state index in [1.165, 1.54) is 25.0 Å². The highest BCUT2D eigenvalue weighted by molar-refractivity contribution is 5.66. The Kier molecular flexibility index (Phi) is 5.02. The second kappa shape index (κ2) is 7.57. The lowest BCUT2D eigenvalue weighted by molar-refractivity contribution is -0.137. The van der Waals surface area contributed by atoms with Crippen LogP contribution in [0.3, 0.4) is 0 Å². The van der Waals surface area contributed by atoms with Crippen LogP contribution in [0.2, 0.25) is 0 Å². The summed E-state index contributed by atoms with van der Waals surface area (Å²) in [5, 5.41) is 0. The third kappa shape index (κ3) is 3.60. The van der Waals surface area contributed by atoms with Gasteiger partial charge in [-0.25, -0.2) is 0 Å². The van der Waals surface area contributed by atoms with Crippen molar-refractivity contribution in [2.75, 3.05) is 26.7 Å². The van der Waals surface area contributed by atoms with E-state index < -0.39 is 11.7 Å². The lowest BCUT2D eigenvalue weighted by Gasteiger charge is -2.19. The molecule has 3 nitrogen and oxygen atoms in total. The largest absolute Gasteiger partial charge is 0.496 e. The van der Waals surface area contributed by atoms with Gasteiger partial charge in [0, 0.05) is 31.5 Å². The quantitative estimate of drug-likeness (QED) is 0.681. The van der Waals surface area contributed by atoms with Crippen molar-refractivity contribution in [2.24, 2.45) is 11.8 Å². The molecule has 0 saturated carbocycles. The van der Waals surface area contributed by atoms with Gasteiger partial charge in [-0.15, -0.1) is 0 Å². The first kappa shape index (κ1) is 19.9. The average Bonchev–Trinajstić information content (AvgIpc) is 3.45. The van der Waals surface area contributed by atoms with E-state index in [2.05, 4.69) is 4.90 Å². The van der Waals surface area contributed by atoms with E-state index in [0.717, 1.165) is 60.6 Å². The Morgan fingerprint density at radius 3 is 2.20 bits per heavy atom. The second-order valence-corrected chi connectivity index (χ2v) is 8.73. The van der Waals surface area contributed by atoms with E-state index in [1.807, 2.05) is 18.2 Å². The predicted octanol–water partition coefficient (Wildman–Crippen LogP) is 5.03. The van der Waals surface area contributed by atoms with Crippen molar-refractivity contribution in [1.29, 1.82) is 0 Å². The van der Waals surface area contributed by atoms with Crippen LogP contribution in [0.15, 0.2) is 42.5 Å². The van der Waals surface area contributed by atoms with Gasteiger partial charge in [0.1, 0.15) is 5.75 Å². The van der Waals surface area contributed by atoms with E-state index >= 15 is 0 Å². The Balaban J connectivity index is 1.29. The SMILES string of the molecule is COc1ccc(-c2ccc(C(F)(F)F)cc2)cc1CCN1C[C@@H]2[C@H](C1)[C@H]1CC[C@@H]2O1. The molecule has 4 atom stereocenters. The predicted molar refractivity (Wildman–Crippen MR) is 108 cm³/mol. The number of ether oxygens (including phenoxy) is 2. The third-order valence-electron chi connectivity index (χ3n) is 7.05. The van der Waals surface area contributed by atoms with E-state index in [0.29, 0.717) is 24.0 Å². The van der Waals surface area contributed by atoms with Crippen molar-refractivity contribution < 1.29 is 22.6 Å². The zero-order valence-electron chi connectivity index (χ0n) is 17.0. The number of likely N-dealkylation sites (tertiary alicyclic amines) is 1. The van der Waals surface area contributed by atoms with Crippen LogP contribution >= 0.6 is 0 Å². The molecule has 3 fully saturated rings. The number of benzene rings is 2. The Hall–Kier alpha value is -2.05. The van der Waals surface area contributed by atoms with E-state index in [1.54, 1.807) is 7.11 Å². The minimum absolute atomic E-state index is 0.461. The van der Waals surface area contributed by atoms with Crippen molar-refractivity contribution in [3.8, 4) is 16.9 Å². The van der Waals surface area contributed by atoms with E-state index in [4.69, 9.17) is 9.47 Å². The molecule has 5 rings (SSSR count). The molecule has 2 aromatic carbocycles. The molecule has 2 aromatic rings. The molecular weight excluding hydrogens is 391 g/mol. The van der Waals surface area contributed by atoms with Gasteiger partial charge in [0.2, 0.25) is 0 Å². The summed E-state index contributed by atoms with van der Waals surface area (Å²) in [6.07, 6.45) is -0.120. The normalized spacial score (nSPS) is 28.1. The first-order chi connectivity index (χ1) is 14.4. The highest BCUT2D eigenvalue weighted by atomic mass is 19.4. The highest BCUT2D eigenvalue weighted by Gasteiger charge is 2.52. The molecule has 3 heterocycles. The summed E-state index contributed by atoms with van der Waals surface area (Å²) in [5.74, 6) is 2.20. The summed E-state index contributed by atoms with van der Waals surface area (Å²) < 4.78 is 50.1. The van der Waals surface area contributed by atoms with Gasteiger partial charge in [-0.3, -0.25) is 0 Å². The number of alkyl halides is 3. The van der Waals surface area contributed by atoms with Gasteiger partial charge in [0.25, 0.3) is 0 Å². The molecule has 0 aliphatic carbocycles. The fraction of sp³-hybridized carbons (Fsp3) is 0.500. The van der Waals surface area contributed by atoms with Crippen LogP contribution in [-0.2, 0) is 17.3 Å². The zero-order valence-corrected chi connectivity index (χ0v) is 17.0. The van der Waals surface area contributed by atoms with Crippen LogP contribution < -0.4 is 4.74 Å². The van der Waals surface area contributed by atoms with Crippen molar-refractivity contribution in [3.05, 3.63) is 53.6 Å². The highest BCUT2D eigenvalue weighted by Crippen LogP contribution is 2.47. The summed E-state index contributed by atoms with van der Waals surface area (Å²) in [5.41, 5.74) is 2.14. The number of hydrogen-bond acceptors (Lipinski definition) is 3. The first-order valence-electron chi connectivity index (χ1n) is 10.6. The fourth-order valence-corrected chi connectivity index (χ4v) is 5.51. The second-order valence-electron chi connectivity index (χ2n) is 8.73. The van der Waals surface area contributed by atoms with Gasteiger partial charge in [-0.2, -0.15) is 13.2 Å². The molecule has 3 aliphatic heterocycles. The molecule has 2 bridgehead atoms. The molecule has 0 N–H and O–H groups in total. The molecule has 0 spiro atoms. The number of methoxy groups -OCH3 is 1. The lowest BCUT2D eigenvalue weighted by Crippen LogP contribution is -2.27. The third-order valence-corrected chi connectivity index (χ3v) is 7.05. The maximum absolute atomic E-state index is 12.8. The number of nitrogens with zero attached hydrogens (tertiary/aromatic N) is 1. The van der Waals surface area contributed by atoms with Crippen LogP contribution in [0.5, 0.6) is 5.75 Å². The molecule has 3 aliphatic rings. The molecule has 160 valence electrons. The summed E-state index contributed by atoms with van der Waals surface area (Å²) in [6, 6.07) is 11.2. The topological polar surface area (TPSA) is 21.7 Å². The van der Waals surface area contributed by atoms with Gasteiger partial charge in [0.05, 0.1) is 24.9 Å². The lowest BCUT2D eigenvalue weighted by atomic mass is 9.82. The molecule has 30 heavy (non-hydrogen) atoms. The summed E-state index contributed by atoms with van der Waals surface area (Å²) in [7, 11) is 1.66. The first-order valence-corrected chi connectivity index (χ1v) is 10.6. The number of hydrogen-bond donors (Lipinski definition) is 0. The van der Waals surface area contributed by atoms with Crippen LogP contribution in [-0.4, -0.2) is 43.9 Å². The van der Waals surface area contributed by atoms with Gasteiger partial charge >= 0.3 is 6.18 Å². The number of rotatable bonds is 5. The maximum atomic E-state index is 12.8. The summed E-state index contributed by atoms with van der Waals surface area (Å²) in [6.45, 7) is 3.17. The molecule has 0 unspecified atom stereocenters. The van der Waals surface area contributed by atoms with Crippen molar-refractivity contribution in [2.45, 2.75) is 37.6 Å². The standard InChI is InChI=1S/C24H26F3NO2/c1-29-21-7-4-16(15-2-5-18(6-3-15)24(25,26)27)12-17(21)10-11-28-13-19-20(14-28)23-9-8-22(19)30-23/h2-7,12,19-20,22-23H,8-11,13-14H2,1H3/t19-,20+,22+,23-. The van der Waals surface area contributed by atoms with Gasteiger partial charge in [0.15, 0.2) is 0 Å². The summed E-state index contributed by atoms with van der Waals surface area (Å²) >= 11 is 0. The summed E-state index contributed by atoms with van der Waals surface area (Å²) in [4.78, 5) is 2.54. The molecule has 3 saturated heterocycles. The maximum Gasteiger partial charge on any atom is 0.416 e. The van der Waals surface area contributed by atoms with E-state index in [-0.39, 0.29) is 0 Å². The zero-order chi connectivity index (χ0) is 20.9. The van der Waals surface area contributed by atoms with Crippen molar-refractivity contribution in [3.63, 3.8) is 0 Å². The van der Waals surface area contributed by atoms with Crippen LogP contribution in [0.4, 0.5) is 13.2 Å². The Bertz CT molecular complexity index is 894. The monoisotopic (exact) mass is 417 g/mol. The Morgan fingerprint density at radius 2 is 1.60 bits per heavy atom. The number of halogens is 3. The molecule has 6 heteroatoms. The fourth-order valence-electron chi connectivity index (χ4n) is 5.51. The average molecular weight is 417 g/mol. The van der Waals surface area contributed by atoms with Crippen molar-refractivity contribution in [1.82, 2.24) is 4.90 Å². The van der Waals surface area contributed by atoms with Gasteiger partial charge in [-0.05, 0) is 60.2 Å². The van der Waals surface area contributed by atoms with Gasteiger partial charge < -0.3 is 14.4 Å². The van der Waals surface area contributed by atoms with Crippen LogP contribution in [0.25, 0.3) is 11.1 Å².